The summed E-state index contributed by atoms with van der Waals surface area (Å²) in [6.45, 7) is 0. The highest BCUT2D eigenvalue weighted by atomic mass is 16.5. The average Bonchev–Trinajstić information content (AvgIpc) is 3.24. The van der Waals surface area contributed by atoms with E-state index in [4.69, 9.17) is 14.6 Å². The molecule has 0 radical (unpaired) electrons. The normalized spacial score (nSPS) is 15.6. The largest absolute Gasteiger partial charge is 0.497 e. The second-order valence-electron chi connectivity index (χ2n) is 6.96. The maximum atomic E-state index is 11.2. The third-order valence-electron chi connectivity index (χ3n) is 5.21. The van der Waals surface area contributed by atoms with Crippen LogP contribution >= 0.6 is 0 Å². The summed E-state index contributed by atoms with van der Waals surface area (Å²) in [6, 6.07) is 22.6. The Balaban J connectivity index is 1.70. The maximum absolute atomic E-state index is 11.2. The predicted octanol–water partition coefficient (Wildman–Crippen LogP) is 4.76. The molecule has 0 saturated carbocycles. The molecule has 0 fully saturated rings. The Bertz CT molecular complexity index is 1060. The van der Waals surface area contributed by atoms with Crippen LogP contribution in [-0.2, 0) is 0 Å². The average molecular weight is 402 g/mol. The predicted molar refractivity (Wildman–Crippen MR) is 116 cm³/mol. The van der Waals surface area contributed by atoms with Crippen LogP contribution in [0.2, 0.25) is 0 Å². The molecule has 1 atom stereocenters. The van der Waals surface area contributed by atoms with Crippen LogP contribution in [-0.4, -0.2) is 31.0 Å². The Labute approximate surface area is 175 Å². The molecule has 3 aromatic rings. The highest BCUT2D eigenvalue weighted by Crippen LogP contribution is 2.37. The number of carboxylic acids is 1. The molecular formula is C24H22N2O4. The number of hydrogen-bond donors (Lipinski definition) is 1. The second-order valence-corrected chi connectivity index (χ2v) is 6.96. The van der Waals surface area contributed by atoms with Crippen LogP contribution < -0.4 is 14.5 Å². The number of hydrogen-bond acceptors (Lipinski definition) is 5. The lowest BCUT2D eigenvalue weighted by atomic mass is 9.98. The molecule has 4 rings (SSSR count). The zero-order valence-corrected chi connectivity index (χ0v) is 16.8. The van der Waals surface area contributed by atoms with Crippen molar-refractivity contribution >= 4 is 17.4 Å². The molecule has 1 aliphatic heterocycles. The standard InChI is InChI=1S/C24H22N2O4/c1-29-20-11-5-16(6-12-20)22-15-23(17-7-13-21(30-2)14-8-17)26(25-22)19-9-3-18(4-10-19)24(27)28/h3-14,23H,15H2,1-2H3,(H,27,28). The van der Waals surface area contributed by atoms with E-state index in [9.17, 15) is 9.90 Å². The highest BCUT2D eigenvalue weighted by molar-refractivity contribution is 6.03. The van der Waals surface area contributed by atoms with Gasteiger partial charge in [0.25, 0.3) is 0 Å². The van der Waals surface area contributed by atoms with Crippen LogP contribution in [0, 0.1) is 0 Å². The van der Waals surface area contributed by atoms with Gasteiger partial charge in [0.05, 0.1) is 37.2 Å². The van der Waals surface area contributed by atoms with Gasteiger partial charge in [-0.2, -0.15) is 5.10 Å². The molecule has 0 bridgehead atoms. The van der Waals surface area contributed by atoms with Gasteiger partial charge >= 0.3 is 5.97 Å². The van der Waals surface area contributed by atoms with Gasteiger partial charge in [0.2, 0.25) is 0 Å². The first-order valence-corrected chi connectivity index (χ1v) is 9.57. The summed E-state index contributed by atoms with van der Waals surface area (Å²) >= 11 is 0. The Kier molecular flexibility index (Phi) is 5.39. The summed E-state index contributed by atoms with van der Waals surface area (Å²) in [4.78, 5) is 11.2. The zero-order chi connectivity index (χ0) is 21.1. The summed E-state index contributed by atoms with van der Waals surface area (Å²) in [6.07, 6.45) is 0.722. The van der Waals surface area contributed by atoms with Gasteiger partial charge in [0.15, 0.2) is 0 Å². The summed E-state index contributed by atoms with van der Waals surface area (Å²) in [5.41, 5.74) is 4.17. The first kappa shape index (κ1) is 19.5. The topological polar surface area (TPSA) is 71.4 Å². The number of rotatable bonds is 6. The second kappa shape index (κ2) is 8.29. The van der Waals surface area contributed by atoms with Crippen molar-refractivity contribution in [1.82, 2.24) is 0 Å². The fourth-order valence-corrected chi connectivity index (χ4v) is 3.55. The van der Waals surface area contributed by atoms with Crippen LogP contribution in [0.5, 0.6) is 11.5 Å². The number of ether oxygens (including phenoxy) is 2. The number of methoxy groups -OCH3 is 2. The molecule has 0 amide bonds. The van der Waals surface area contributed by atoms with Crippen molar-refractivity contribution < 1.29 is 19.4 Å². The summed E-state index contributed by atoms with van der Waals surface area (Å²) < 4.78 is 10.5. The lowest BCUT2D eigenvalue weighted by molar-refractivity contribution is 0.0697. The molecule has 30 heavy (non-hydrogen) atoms. The minimum atomic E-state index is -0.947. The van der Waals surface area contributed by atoms with Crippen molar-refractivity contribution in [2.24, 2.45) is 5.10 Å². The first-order valence-electron chi connectivity index (χ1n) is 9.57. The molecule has 0 spiro atoms. The van der Waals surface area contributed by atoms with E-state index in [1.807, 2.05) is 53.5 Å². The van der Waals surface area contributed by atoms with Crippen molar-refractivity contribution in [2.75, 3.05) is 19.2 Å². The third kappa shape index (κ3) is 3.85. The van der Waals surface area contributed by atoms with Gasteiger partial charge in [-0.1, -0.05) is 12.1 Å². The minimum Gasteiger partial charge on any atom is -0.497 e. The Morgan fingerprint density at radius 3 is 2.00 bits per heavy atom. The van der Waals surface area contributed by atoms with E-state index in [2.05, 4.69) is 0 Å². The monoisotopic (exact) mass is 402 g/mol. The molecule has 0 aliphatic carbocycles. The van der Waals surface area contributed by atoms with Crippen LogP contribution in [0.3, 0.4) is 0 Å². The van der Waals surface area contributed by atoms with Gasteiger partial charge in [0, 0.05) is 6.42 Å². The van der Waals surface area contributed by atoms with Crippen LogP contribution in [0.15, 0.2) is 77.9 Å². The quantitative estimate of drug-likeness (QED) is 0.644. The van der Waals surface area contributed by atoms with E-state index >= 15 is 0 Å². The van der Waals surface area contributed by atoms with Crippen LogP contribution in [0.25, 0.3) is 0 Å². The Morgan fingerprint density at radius 1 is 0.900 bits per heavy atom. The van der Waals surface area contributed by atoms with Crippen molar-refractivity contribution in [3.63, 3.8) is 0 Å². The summed E-state index contributed by atoms with van der Waals surface area (Å²) in [5, 5.41) is 16.0. The number of carboxylic acid groups (broad SMARTS) is 1. The van der Waals surface area contributed by atoms with Crippen molar-refractivity contribution in [3.8, 4) is 11.5 Å². The fraction of sp³-hybridized carbons (Fsp3) is 0.167. The smallest absolute Gasteiger partial charge is 0.335 e. The summed E-state index contributed by atoms with van der Waals surface area (Å²) in [5.74, 6) is 0.646. The van der Waals surface area contributed by atoms with Gasteiger partial charge < -0.3 is 14.6 Å². The summed E-state index contributed by atoms with van der Waals surface area (Å²) in [7, 11) is 3.29. The number of anilines is 1. The zero-order valence-electron chi connectivity index (χ0n) is 16.8. The number of hydrazone groups is 1. The van der Waals surface area contributed by atoms with Crippen molar-refractivity contribution in [2.45, 2.75) is 12.5 Å². The maximum Gasteiger partial charge on any atom is 0.335 e. The van der Waals surface area contributed by atoms with E-state index in [0.717, 1.165) is 40.4 Å². The van der Waals surface area contributed by atoms with Crippen molar-refractivity contribution in [3.05, 3.63) is 89.5 Å². The molecule has 1 aliphatic rings. The number of carbonyl (C=O) groups is 1. The molecule has 6 nitrogen and oxygen atoms in total. The fourth-order valence-electron chi connectivity index (χ4n) is 3.55. The van der Waals surface area contributed by atoms with E-state index in [1.54, 1.807) is 38.5 Å². The van der Waals surface area contributed by atoms with Gasteiger partial charge in [-0.25, -0.2) is 4.79 Å². The van der Waals surface area contributed by atoms with Gasteiger partial charge in [0.1, 0.15) is 11.5 Å². The third-order valence-corrected chi connectivity index (χ3v) is 5.21. The molecule has 0 saturated heterocycles. The van der Waals surface area contributed by atoms with E-state index in [1.165, 1.54) is 0 Å². The van der Waals surface area contributed by atoms with Gasteiger partial charge in [-0.3, -0.25) is 5.01 Å². The molecule has 3 aromatic carbocycles. The number of benzene rings is 3. The van der Waals surface area contributed by atoms with E-state index < -0.39 is 5.97 Å². The molecule has 1 N–H and O–H groups in total. The highest BCUT2D eigenvalue weighted by Gasteiger charge is 2.30. The SMILES string of the molecule is COc1ccc(C2=NN(c3ccc(C(=O)O)cc3)C(c3ccc(OC)cc3)C2)cc1. The molecule has 6 heteroatoms. The lowest BCUT2D eigenvalue weighted by Gasteiger charge is -2.24. The molecule has 0 aromatic heterocycles. The van der Waals surface area contributed by atoms with Crippen LogP contribution in [0.1, 0.15) is 33.9 Å². The number of nitrogens with zero attached hydrogens (tertiary/aromatic N) is 2. The minimum absolute atomic E-state index is 0.0105. The Hall–Kier alpha value is -3.80. The molecular weight excluding hydrogens is 380 g/mol. The lowest BCUT2D eigenvalue weighted by Crippen LogP contribution is -2.18. The molecule has 1 heterocycles. The first-order chi connectivity index (χ1) is 14.6. The molecule has 1 unspecified atom stereocenters. The van der Waals surface area contributed by atoms with E-state index in [0.29, 0.717) is 0 Å². The van der Waals surface area contributed by atoms with Crippen molar-refractivity contribution in [1.29, 1.82) is 0 Å². The van der Waals surface area contributed by atoms with Crippen LogP contribution in [0.4, 0.5) is 5.69 Å². The van der Waals surface area contributed by atoms with E-state index in [-0.39, 0.29) is 11.6 Å². The Morgan fingerprint density at radius 2 is 1.47 bits per heavy atom. The molecule has 152 valence electrons. The van der Waals surface area contributed by atoms with Gasteiger partial charge in [-0.05, 0) is 71.8 Å². The van der Waals surface area contributed by atoms with Gasteiger partial charge in [-0.15, -0.1) is 0 Å². The number of aromatic carboxylic acids is 1.